The van der Waals surface area contributed by atoms with E-state index in [1.165, 1.54) is 11.1 Å². The van der Waals surface area contributed by atoms with Crippen molar-refractivity contribution >= 4 is 20.8 Å². The maximum Gasteiger partial charge on any atom is 0.264 e. The van der Waals surface area contributed by atoms with Gasteiger partial charge in [0.2, 0.25) is 0 Å². The van der Waals surface area contributed by atoms with Crippen LogP contribution in [-0.4, -0.2) is 38.8 Å². The SMILES string of the molecule is CCN(CCCN=C1NS(=O)(=O)C(c2ccc(C(C)C)cc2)=C1C)Cc1ccccc1. The molecule has 0 unspecified atom stereocenters. The average molecular weight is 440 g/mol. The summed E-state index contributed by atoms with van der Waals surface area (Å²) in [6.45, 7) is 11.6. The fourth-order valence-electron chi connectivity index (χ4n) is 3.78. The molecule has 1 aliphatic heterocycles. The number of amidine groups is 1. The summed E-state index contributed by atoms with van der Waals surface area (Å²) in [5.41, 5.74) is 3.88. The number of nitrogens with zero attached hydrogens (tertiary/aromatic N) is 2. The monoisotopic (exact) mass is 439 g/mol. The molecule has 1 N–H and O–H groups in total. The zero-order valence-corrected chi connectivity index (χ0v) is 19.7. The number of nitrogens with one attached hydrogen (secondary N) is 1. The molecule has 0 saturated heterocycles. The van der Waals surface area contributed by atoms with E-state index in [4.69, 9.17) is 0 Å². The first-order valence-corrected chi connectivity index (χ1v) is 12.4. The molecule has 0 fully saturated rings. The molecule has 0 amide bonds. The summed E-state index contributed by atoms with van der Waals surface area (Å²) in [7, 11) is -3.58. The number of sulfonamides is 1. The van der Waals surface area contributed by atoms with Crippen LogP contribution in [0.5, 0.6) is 0 Å². The van der Waals surface area contributed by atoms with Gasteiger partial charge in [0.05, 0.1) is 0 Å². The highest BCUT2D eigenvalue weighted by Gasteiger charge is 2.32. The maximum absolute atomic E-state index is 12.7. The minimum atomic E-state index is -3.58. The molecule has 0 aromatic heterocycles. The summed E-state index contributed by atoms with van der Waals surface area (Å²) >= 11 is 0. The Balaban J connectivity index is 1.65. The lowest BCUT2D eigenvalue weighted by Gasteiger charge is -2.20. The topological polar surface area (TPSA) is 61.8 Å². The lowest BCUT2D eigenvalue weighted by atomic mass is 10.0. The minimum absolute atomic E-state index is 0.334. The van der Waals surface area contributed by atoms with Gasteiger partial charge in [0.15, 0.2) is 0 Å². The predicted molar refractivity (Wildman–Crippen MR) is 129 cm³/mol. The number of rotatable bonds is 9. The molecule has 0 saturated carbocycles. The second-order valence-electron chi connectivity index (χ2n) is 8.27. The zero-order chi connectivity index (χ0) is 22.4. The molecule has 1 heterocycles. The Hall–Kier alpha value is -2.44. The summed E-state index contributed by atoms with van der Waals surface area (Å²) in [5.74, 6) is 0.873. The first-order valence-electron chi connectivity index (χ1n) is 11.0. The highest BCUT2D eigenvalue weighted by Crippen LogP contribution is 2.30. The van der Waals surface area contributed by atoms with Gasteiger partial charge in [-0.1, -0.05) is 75.4 Å². The average Bonchev–Trinajstić information content (AvgIpc) is 2.98. The first kappa shape index (κ1) is 23.2. The zero-order valence-electron chi connectivity index (χ0n) is 18.9. The molecule has 6 heteroatoms. The lowest BCUT2D eigenvalue weighted by molar-refractivity contribution is 0.278. The van der Waals surface area contributed by atoms with Gasteiger partial charge < -0.3 is 0 Å². The summed E-state index contributed by atoms with van der Waals surface area (Å²) in [4.78, 5) is 7.28. The van der Waals surface area contributed by atoms with Crippen molar-refractivity contribution in [2.24, 2.45) is 4.99 Å². The van der Waals surface area contributed by atoms with Gasteiger partial charge in [0.1, 0.15) is 10.7 Å². The second kappa shape index (κ2) is 10.2. The van der Waals surface area contributed by atoms with Gasteiger partial charge in [-0.15, -0.1) is 0 Å². The van der Waals surface area contributed by atoms with Crippen molar-refractivity contribution < 1.29 is 8.42 Å². The van der Waals surface area contributed by atoms with Crippen LogP contribution in [0, 0.1) is 0 Å². The molecule has 1 aliphatic rings. The molecule has 0 atom stereocenters. The highest BCUT2D eigenvalue weighted by atomic mass is 32.2. The van der Waals surface area contributed by atoms with E-state index in [1.807, 2.05) is 37.3 Å². The number of aliphatic imine (C=N–C) groups is 1. The molecule has 0 radical (unpaired) electrons. The maximum atomic E-state index is 12.7. The Kier molecular flexibility index (Phi) is 7.68. The van der Waals surface area contributed by atoms with Crippen molar-refractivity contribution in [3.63, 3.8) is 0 Å². The molecule has 0 spiro atoms. The van der Waals surface area contributed by atoms with Crippen molar-refractivity contribution in [2.75, 3.05) is 19.6 Å². The number of benzene rings is 2. The van der Waals surface area contributed by atoms with Gasteiger partial charge >= 0.3 is 0 Å². The van der Waals surface area contributed by atoms with E-state index in [1.54, 1.807) is 0 Å². The van der Waals surface area contributed by atoms with Gasteiger partial charge in [-0.2, -0.15) is 0 Å². The van der Waals surface area contributed by atoms with Crippen molar-refractivity contribution in [1.82, 2.24) is 9.62 Å². The van der Waals surface area contributed by atoms with Crippen LogP contribution >= 0.6 is 0 Å². The minimum Gasteiger partial charge on any atom is -0.299 e. The van der Waals surface area contributed by atoms with E-state index in [0.717, 1.165) is 26.1 Å². The Morgan fingerprint density at radius 2 is 1.71 bits per heavy atom. The standard InChI is InChI=1S/C25H33N3O2S/c1-5-28(18-21-10-7-6-8-11-21)17-9-16-26-25-20(4)24(31(29,30)27-25)23-14-12-22(13-15-23)19(2)3/h6-8,10-15,19H,5,9,16-18H2,1-4H3,(H,26,27). The Bertz CT molecular complexity index is 1040. The molecule has 2 aromatic rings. The van der Waals surface area contributed by atoms with E-state index < -0.39 is 10.0 Å². The number of hydrogen-bond acceptors (Lipinski definition) is 4. The van der Waals surface area contributed by atoms with Crippen LogP contribution in [0.15, 0.2) is 65.2 Å². The largest absolute Gasteiger partial charge is 0.299 e. The molecule has 0 bridgehead atoms. The first-order chi connectivity index (χ1) is 14.8. The van der Waals surface area contributed by atoms with Crippen molar-refractivity contribution in [3.05, 3.63) is 76.9 Å². The van der Waals surface area contributed by atoms with Crippen LogP contribution in [0.1, 0.15) is 56.7 Å². The van der Waals surface area contributed by atoms with E-state index in [-0.39, 0.29) is 0 Å². The molecule has 31 heavy (non-hydrogen) atoms. The summed E-state index contributed by atoms with van der Waals surface area (Å²) < 4.78 is 28.1. The third-order valence-electron chi connectivity index (χ3n) is 5.63. The normalized spacial score (nSPS) is 17.0. The summed E-state index contributed by atoms with van der Waals surface area (Å²) in [5, 5.41) is 0. The van der Waals surface area contributed by atoms with Gasteiger partial charge in [-0.3, -0.25) is 14.6 Å². The predicted octanol–water partition coefficient (Wildman–Crippen LogP) is 4.78. The Morgan fingerprint density at radius 1 is 1.03 bits per heavy atom. The van der Waals surface area contributed by atoms with Crippen LogP contribution in [-0.2, 0) is 16.6 Å². The van der Waals surface area contributed by atoms with Gasteiger partial charge in [0.25, 0.3) is 10.0 Å². The van der Waals surface area contributed by atoms with Gasteiger partial charge in [0, 0.05) is 25.2 Å². The van der Waals surface area contributed by atoms with E-state index >= 15 is 0 Å². The Morgan fingerprint density at radius 3 is 2.32 bits per heavy atom. The van der Waals surface area contributed by atoms with Crippen molar-refractivity contribution in [2.45, 2.75) is 46.6 Å². The Labute approximate surface area is 187 Å². The van der Waals surface area contributed by atoms with E-state index in [2.05, 4.69) is 59.7 Å². The third-order valence-corrected chi connectivity index (χ3v) is 7.18. The van der Waals surface area contributed by atoms with Crippen molar-refractivity contribution in [1.29, 1.82) is 0 Å². The van der Waals surface area contributed by atoms with Crippen LogP contribution in [0.2, 0.25) is 0 Å². The third kappa shape index (κ3) is 5.83. The molecular formula is C25H33N3O2S. The molecule has 166 valence electrons. The molecule has 5 nitrogen and oxygen atoms in total. The van der Waals surface area contributed by atoms with E-state index in [0.29, 0.717) is 34.3 Å². The highest BCUT2D eigenvalue weighted by molar-refractivity contribution is 8.00. The van der Waals surface area contributed by atoms with E-state index in [9.17, 15) is 8.42 Å². The molecule has 0 aliphatic carbocycles. The van der Waals surface area contributed by atoms with Gasteiger partial charge in [-0.05, 0) is 42.5 Å². The van der Waals surface area contributed by atoms with Crippen LogP contribution in [0.4, 0.5) is 0 Å². The van der Waals surface area contributed by atoms with Gasteiger partial charge in [-0.25, -0.2) is 8.42 Å². The van der Waals surface area contributed by atoms with Crippen molar-refractivity contribution in [3.8, 4) is 0 Å². The fraction of sp³-hybridized carbons (Fsp3) is 0.400. The lowest BCUT2D eigenvalue weighted by Crippen LogP contribution is -2.26. The van der Waals surface area contributed by atoms with Crippen LogP contribution in [0.25, 0.3) is 4.91 Å². The smallest absolute Gasteiger partial charge is 0.264 e. The molecule has 3 rings (SSSR count). The summed E-state index contributed by atoms with van der Waals surface area (Å²) in [6, 6.07) is 18.2. The molecule has 2 aromatic carbocycles. The molecular weight excluding hydrogens is 406 g/mol. The second-order valence-corrected chi connectivity index (χ2v) is 9.89. The fourth-order valence-corrected chi connectivity index (χ4v) is 5.30. The van der Waals surface area contributed by atoms with Crippen LogP contribution < -0.4 is 4.72 Å². The summed E-state index contributed by atoms with van der Waals surface area (Å²) in [6.07, 6.45) is 0.873. The van der Waals surface area contributed by atoms with Crippen LogP contribution in [0.3, 0.4) is 0 Å². The number of hydrogen-bond donors (Lipinski definition) is 1. The quantitative estimate of drug-likeness (QED) is 0.572.